The molecule has 0 atom stereocenters. The lowest BCUT2D eigenvalue weighted by molar-refractivity contribution is -0.114. The number of nitrogens with one attached hydrogen (secondary N) is 2. The molecule has 0 spiro atoms. The van der Waals surface area contributed by atoms with Crippen LogP contribution in [-0.2, 0) is 11.3 Å². The van der Waals surface area contributed by atoms with Crippen molar-refractivity contribution in [3.8, 4) is 0 Å². The summed E-state index contributed by atoms with van der Waals surface area (Å²) in [6, 6.07) is 5.39. The number of halogens is 1. The molecule has 0 aliphatic rings. The van der Waals surface area contributed by atoms with Crippen LogP contribution in [0.1, 0.15) is 23.9 Å². The Morgan fingerprint density at radius 1 is 1.40 bits per heavy atom. The molecule has 2 rings (SSSR count). The minimum Gasteiger partial charge on any atom is -0.381 e. The number of amides is 1. The fourth-order valence-electron chi connectivity index (χ4n) is 1.86. The molecule has 1 heterocycles. The molecule has 0 fully saturated rings. The third kappa shape index (κ3) is 3.30. The van der Waals surface area contributed by atoms with Gasteiger partial charge in [-0.05, 0) is 32.0 Å². The predicted molar refractivity (Wildman–Crippen MR) is 79.1 cm³/mol. The Labute approximate surface area is 122 Å². The summed E-state index contributed by atoms with van der Waals surface area (Å²) < 4.78 is 5.11. The molecule has 0 aliphatic carbocycles. The molecule has 0 saturated carbocycles. The van der Waals surface area contributed by atoms with Gasteiger partial charge in [0.25, 0.3) is 0 Å². The van der Waals surface area contributed by atoms with Gasteiger partial charge in [-0.2, -0.15) is 0 Å². The van der Waals surface area contributed by atoms with E-state index in [0.717, 1.165) is 22.7 Å². The van der Waals surface area contributed by atoms with Gasteiger partial charge in [0.2, 0.25) is 5.91 Å². The molecule has 1 aromatic heterocycles. The van der Waals surface area contributed by atoms with E-state index >= 15 is 0 Å². The molecule has 0 radical (unpaired) electrons. The summed E-state index contributed by atoms with van der Waals surface area (Å²) in [6.07, 6.45) is 0. The second-order valence-electron chi connectivity index (χ2n) is 4.53. The van der Waals surface area contributed by atoms with E-state index < -0.39 is 0 Å². The molecule has 1 amide bonds. The highest BCUT2D eigenvalue weighted by molar-refractivity contribution is 6.34. The molecule has 106 valence electrons. The Morgan fingerprint density at radius 3 is 2.70 bits per heavy atom. The van der Waals surface area contributed by atoms with Gasteiger partial charge in [-0.25, -0.2) is 0 Å². The monoisotopic (exact) mass is 293 g/mol. The van der Waals surface area contributed by atoms with Gasteiger partial charge in [0.1, 0.15) is 5.76 Å². The maximum Gasteiger partial charge on any atom is 0.221 e. The second-order valence-corrected chi connectivity index (χ2v) is 4.94. The van der Waals surface area contributed by atoms with Gasteiger partial charge in [-0.1, -0.05) is 16.8 Å². The van der Waals surface area contributed by atoms with E-state index in [2.05, 4.69) is 15.8 Å². The number of anilines is 2. The van der Waals surface area contributed by atoms with E-state index in [9.17, 15) is 4.79 Å². The number of nitrogens with zero attached hydrogens (tertiary/aromatic N) is 1. The highest BCUT2D eigenvalue weighted by Gasteiger charge is 2.09. The first kappa shape index (κ1) is 14.4. The van der Waals surface area contributed by atoms with E-state index in [-0.39, 0.29) is 5.91 Å². The Balaban J connectivity index is 2.07. The third-order valence-corrected chi connectivity index (χ3v) is 3.24. The normalized spacial score (nSPS) is 10.4. The molecule has 0 saturated heterocycles. The van der Waals surface area contributed by atoms with Crippen molar-refractivity contribution >= 4 is 28.9 Å². The minimum absolute atomic E-state index is 0.150. The number of rotatable bonds is 4. The van der Waals surface area contributed by atoms with Crippen LogP contribution < -0.4 is 10.6 Å². The zero-order valence-electron chi connectivity index (χ0n) is 11.6. The van der Waals surface area contributed by atoms with Crippen LogP contribution >= 0.6 is 11.6 Å². The Bertz CT molecular complexity index is 618. The number of carbonyl (C=O) groups is 1. The average molecular weight is 294 g/mol. The van der Waals surface area contributed by atoms with Crippen LogP contribution in [-0.4, -0.2) is 11.1 Å². The molecule has 0 unspecified atom stereocenters. The topological polar surface area (TPSA) is 67.2 Å². The van der Waals surface area contributed by atoms with E-state index in [0.29, 0.717) is 17.3 Å². The Hall–Kier alpha value is -2.01. The maximum absolute atomic E-state index is 11.0. The number of hydrogen-bond acceptors (Lipinski definition) is 4. The summed E-state index contributed by atoms with van der Waals surface area (Å²) in [7, 11) is 0. The van der Waals surface area contributed by atoms with Gasteiger partial charge < -0.3 is 15.2 Å². The van der Waals surface area contributed by atoms with Crippen LogP contribution in [0.3, 0.4) is 0 Å². The molecule has 0 bridgehead atoms. The van der Waals surface area contributed by atoms with E-state index in [1.165, 1.54) is 6.92 Å². The zero-order valence-corrected chi connectivity index (χ0v) is 12.3. The first-order valence-electron chi connectivity index (χ1n) is 6.20. The number of aryl methyl sites for hydroxylation is 2. The van der Waals surface area contributed by atoms with Gasteiger partial charge >= 0.3 is 0 Å². The van der Waals surface area contributed by atoms with Crippen LogP contribution in [0.5, 0.6) is 0 Å². The number of benzene rings is 1. The molecule has 2 N–H and O–H groups in total. The molecular formula is C14H16ClN3O2. The van der Waals surface area contributed by atoms with Gasteiger partial charge in [0, 0.05) is 24.7 Å². The predicted octanol–water partition coefficient (Wildman–Crippen LogP) is 3.52. The van der Waals surface area contributed by atoms with Gasteiger partial charge in [0.15, 0.2) is 0 Å². The van der Waals surface area contributed by atoms with Crippen molar-refractivity contribution in [1.82, 2.24) is 5.16 Å². The maximum atomic E-state index is 11.0. The second kappa shape index (κ2) is 5.96. The molecule has 1 aromatic carbocycles. The summed E-state index contributed by atoms with van der Waals surface area (Å²) in [4.78, 5) is 11.0. The lowest BCUT2D eigenvalue weighted by atomic mass is 10.2. The van der Waals surface area contributed by atoms with Crippen molar-refractivity contribution in [2.45, 2.75) is 27.3 Å². The fourth-order valence-corrected chi connectivity index (χ4v) is 2.09. The highest BCUT2D eigenvalue weighted by atomic mass is 35.5. The third-order valence-electron chi connectivity index (χ3n) is 2.93. The van der Waals surface area contributed by atoms with E-state index in [4.69, 9.17) is 16.1 Å². The van der Waals surface area contributed by atoms with E-state index in [1.807, 2.05) is 19.9 Å². The fraction of sp³-hybridized carbons (Fsp3) is 0.286. The molecule has 5 nitrogen and oxygen atoms in total. The summed E-state index contributed by atoms with van der Waals surface area (Å²) in [5.41, 5.74) is 3.37. The first-order chi connectivity index (χ1) is 9.47. The number of hydrogen-bond donors (Lipinski definition) is 2. The van der Waals surface area contributed by atoms with Crippen molar-refractivity contribution in [2.24, 2.45) is 0 Å². The van der Waals surface area contributed by atoms with Crippen molar-refractivity contribution in [2.75, 3.05) is 10.6 Å². The number of aromatic nitrogens is 1. The smallest absolute Gasteiger partial charge is 0.221 e. The highest BCUT2D eigenvalue weighted by Crippen LogP contribution is 2.26. The van der Waals surface area contributed by atoms with Gasteiger partial charge in [0.05, 0.1) is 16.4 Å². The summed E-state index contributed by atoms with van der Waals surface area (Å²) >= 11 is 6.11. The Morgan fingerprint density at radius 2 is 2.15 bits per heavy atom. The molecule has 20 heavy (non-hydrogen) atoms. The molecule has 0 aliphatic heterocycles. The van der Waals surface area contributed by atoms with Crippen molar-refractivity contribution in [3.63, 3.8) is 0 Å². The van der Waals surface area contributed by atoms with Crippen molar-refractivity contribution in [3.05, 3.63) is 40.2 Å². The average Bonchev–Trinajstić information content (AvgIpc) is 2.69. The van der Waals surface area contributed by atoms with Crippen molar-refractivity contribution < 1.29 is 9.32 Å². The standard InChI is InChI=1S/C14H16ClN3O2/c1-8-12(9(2)20-18-8)7-16-11-4-5-14(13(15)6-11)17-10(3)19/h4-6,16H,7H2,1-3H3,(H,17,19). The van der Waals surface area contributed by atoms with Gasteiger partial charge in [-0.3, -0.25) is 4.79 Å². The molecule has 6 heteroatoms. The number of carbonyl (C=O) groups excluding carboxylic acids is 1. The summed E-state index contributed by atoms with van der Waals surface area (Å²) in [5, 5.41) is 10.3. The SMILES string of the molecule is CC(=O)Nc1ccc(NCc2c(C)noc2C)cc1Cl. The first-order valence-corrected chi connectivity index (χ1v) is 6.58. The van der Waals surface area contributed by atoms with Crippen LogP contribution in [0.25, 0.3) is 0 Å². The van der Waals surface area contributed by atoms with E-state index in [1.54, 1.807) is 12.1 Å². The largest absolute Gasteiger partial charge is 0.381 e. The minimum atomic E-state index is -0.150. The molecular weight excluding hydrogens is 278 g/mol. The summed E-state index contributed by atoms with van der Waals surface area (Å²) in [5.74, 6) is 0.652. The Kier molecular flexibility index (Phi) is 4.29. The van der Waals surface area contributed by atoms with Crippen LogP contribution in [0.15, 0.2) is 22.7 Å². The van der Waals surface area contributed by atoms with Crippen molar-refractivity contribution in [1.29, 1.82) is 0 Å². The zero-order chi connectivity index (χ0) is 14.7. The van der Waals surface area contributed by atoms with Crippen LogP contribution in [0.4, 0.5) is 11.4 Å². The van der Waals surface area contributed by atoms with Crippen LogP contribution in [0.2, 0.25) is 5.02 Å². The van der Waals surface area contributed by atoms with Crippen LogP contribution in [0, 0.1) is 13.8 Å². The molecule has 2 aromatic rings. The van der Waals surface area contributed by atoms with Gasteiger partial charge in [-0.15, -0.1) is 0 Å². The lowest BCUT2D eigenvalue weighted by Gasteiger charge is -2.09. The summed E-state index contributed by atoms with van der Waals surface area (Å²) in [6.45, 7) is 5.83. The lowest BCUT2D eigenvalue weighted by Crippen LogP contribution is -2.07. The quantitative estimate of drug-likeness (QED) is 0.905.